The molecule has 102 valence electrons. The Morgan fingerprint density at radius 3 is 2.70 bits per heavy atom. The number of benzene rings is 1. The summed E-state index contributed by atoms with van der Waals surface area (Å²) < 4.78 is 6.20. The van der Waals surface area contributed by atoms with Crippen molar-refractivity contribution in [3.05, 3.63) is 53.9 Å². The Morgan fingerprint density at radius 1 is 1.05 bits per heavy atom. The molecule has 5 rings (SSSR count). The fourth-order valence-corrected chi connectivity index (χ4v) is 5.40. The van der Waals surface area contributed by atoms with Crippen LogP contribution in [0.15, 0.2) is 42.8 Å². The smallest absolute Gasteiger partial charge is 0.200 e. The summed E-state index contributed by atoms with van der Waals surface area (Å²) in [6, 6.07) is 8.82. The van der Waals surface area contributed by atoms with Crippen LogP contribution in [-0.4, -0.2) is 5.72 Å². The van der Waals surface area contributed by atoms with Crippen molar-refractivity contribution in [2.75, 3.05) is 0 Å². The molecule has 1 heterocycles. The van der Waals surface area contributed by atoms with Gasteiger partial charge in [0.05, 0.1) is 5.41 Å². The molecule has 1 N–H and O–H groups in total. The Hall–Kier alpha value is -1.70. The van der Waals surface area contributed by atoms with Gasteiger partial charge in [0.1, 0.15) is 6.26 Å². The van der Waals surface area contributed by atoms with Crippen molar-refractivity contribution in [2.24, 2.45) is 5.41 Å². The van der Waals surface area contributed by atoms with E-state index in [1.165, 1.54) is 43.2 Å². The maximum Gasteiger partial charge on any atom is 0.200 e. The quantitative estimate of drug-likeness (QED) is 0.772. The molecule has 0 saturated heterocycles. The molecular formula is C18H19NO. The zero-order valence-electron chi connectivity index (χ0n) is 11.6. The van der Waals surface area contributed by atoms with Gasteiger partial charge in [-0.2, -0.15) is 0 Å². The Labute approximate surface area is 119 Å². The second-order valence-corrected chi connectivity index (χ2v) is 6.62. The molecule has 1 aromatic carbocycles. The van der Waals surface area contributed by atoms with Crippen LogP contribution in [-0.2, 0) is 10.2 Å². The second kappa shape index (κ2) is 3.30. The molecule has 0 bridgehead atoms. The van der Waals surface area contributed by atoms with Gasteiger partial charge in [-0.25, -0.2) is 0 Å². The highest BCUT2D eigenvalue weighted by atomic mass is 16.5. The van der Waals surface area contributed by atoms with Gasteiger partial charge in [-0.3, -0.25) is 0 Å². The Kier molecular flexibility index (Phi) is 1.82. The summed E-state index contributed by atoms with van der Waals surface area (Å²) >= 11 is 0. The van der Waals surface area contributed by atoms with Crippen LogP contribution in [0.3, 0.4) is 0 Å². The number of hydrogen-bond donors (Lipinski definition) is 1. The SMILES string of the molecule is C1=CO[C@]2(N1)C1(CCCCC1)C21C=Cc2ccccc21. The van der Waals surface area contributed by atoms with E-state index in [1.807, 2.05) is 12.5 Å². The first-order chi connectivity index (χ1) is 9.86. The third kappa shape index (κ3) is 0.895. The lowest BCUT2D eigenvalue weighted by atomic mass is 9.77. The molecule has 3 spiro atoms. The normalized spacial score (nSPS) is 38.2. The van der Waals surface area contributed by atoms with Crippen molar-refractivity contribution in [3.8, 4) is 0 Å². The molecule has 0 radical (unpaired) electrons. The highest BCUT2D eigenvalue weighted by Gasteiger charge is 2.89. The zero-order chi connectivity index (χ0) is 13.3. The monoisotopic (exact) mass is 265 g/mol. The highest BCUT2D eigenvalue weighted by Crippen LogP contribution is 2.80. The summed E-state index contributed by atoms with van der Waals surface area (Å²) in [7, 11) is 0. The summed E-state index contributed by atoms with van der Waals surface area (Å²) in [5.74, 6) is 0. The van der Waals surface area contributed by atoms with Crippen LogP contribution in [0.5, 0.6) is 0 Å². The number of hydrogen-bond acceptors (Lipinski definition) is 2. The lowest BCUT2D eigenvalue weighted by Gasteiger charge is -2.26. The van der Waals surface area contributed by atoms with E-state index in [1.54, 1.807) is 0 Å². The van der Waals surface area contributed by atoms with E-state index >= 15 is 0 Å². The van der Waals surface area contributed by atoms with Crippen molar-refractivity contribution in [1.82, 2.24) is 5.32 Å². The van der Waals surface area contributed by atoms with Crippen molar-refractivity contribution < 1.29 is 4.74 Å². The molecule has 2 heteroatoms. The first-order valence-electron chi connectivity index (χ1n) is 7.76. The summed E-state index contributed by atoms with van der Waals surface area (Å²) in [5, 5.41) is 3.59. The molecule has 1 aliphatic heterocycles. The van der Waals surface area contributed by atoms with Gasteiger partial charge in [-0.05, 0) is 24.0 Å². The van der Waals surface area contributed by atoms with Gasteiger partial charge in [-0.1, -0.05) is 55.7 Å². The van der Waals surface area contributed by atoms with Crippen LogP contribution in [0.1, 0.15) is 43.2 Å². The summed E-state index contributed by atoms with van der Waals surface area (Å²) in [6.07, 6.45) is 15.1. The minimum Gasteiger partial charge on any atom is -0.472 e. The summed E-state index contributed by atoms with van der Waals surface area (Å²) in [5.41, 5.74) is 2.89. The highest BCUT2D eigenvalue weighted by molar-refractivity contribution is 5.73. The van der Waals surface area contributed by atoms with E-state index in [4.69, 9.17) is 4.74 Å². The first kappa shape index (κ1) is 11.0. The average Bonchev–Trinajstić information content (AvgIpc) is 2.98. The molecule has 2 saturated carbocycles. The molecule has 2 atom stereocenters. The second-order valence-electron chi connectivity index (χ2n) is 6.62. The third-order valence-corrected chi connectivity index (χ3v) is 6.13. The van der Waals surface area contributed by atoms with E-state index in [-0.39, 0.29) is 16.6 Å². The van der Waals surface area contributed by atoms with E-state index in [0.29, 0.717) is 0 Å². The molecule has 20 heavy (non-hydrogen) atoms. The van der Waals surface area contributed by atoms with Gasteiger partial charge in [0.15, 0.2) is 0 Å². The van der Waals surface area contributed by atoms with Crippen molar-refractivity contribution in [3.63, 3.8) is 0 Å². The van der Waals surface area contributed by atoms with Gasteiger partial charge in [0.2, 0.25) is 5.72 Å². The standard InChI is InChI=1S/C18H19NO/c1-4-9-16(10-5-1)17(18(16)19-12-13-20-18)11-8-14-6-2-3-7-15(14)17/h2-3,6-8,11-13,19H,1,4-5,9-10H2/t17?,18-/m1/s1. The molecule has 0 aromatic heterocycles. The predicted octanol–water partition coefficient (Wildman–Crippen LogP) is 3.70. The van der Waals surface area contributed by atoms with Crippen LogP contribution in [0.4, 0.5) is 0 Å². The van der Waals surface area contributed by atoms with Gasteiger partial charge in [0.25, 0.3) is 0 Å². The van der Waals surface area contributed by atoms with Gasteiger partial charge < -0.3 is 10.1 Å². The van der Waals surface area contributed by atoms with Crippen molar-refractivity contribution in [2.45, 2.75) is 43.2 Å². The topological polar surface area (TPSA) is 21.3 Å². The largest absolute Gasteiger partial charge is 0.472 e. The molecule has 3 aliphatic carbocycles. The van der Waals surface area contributed by atoms with Crippen molar-refractivity contribution in [1.29, 1.82) is 0 Å². The Morgan fingerprint density at radius 2 is 1.90 bits per heavy atom. The summed E-state index contributed by atoms with van der Waals surface area (Å²) in [6.45, 7) is 0. The van der Waals surface area contributed by atoms with Crippen LogP contribution in [0.25, 0.3) is 6.08 Å². The molecule has 1 unspecified atom stereocenters. The molecule has 0 amide bonds. The van der Waals surface area contributed by atoms with E-state index in [0.717, 1.165) is 0 Å². The Bertz CT molecular complexity index is 631. The third-order valence-electron chi connectivity index (χ3n) is 6.13. The summed E-state index contributed by atoms with van der Waals surface area (Å²) in [4.78, 5) is 0. The lowest BCUT2D eigenvalue weighted by Crippen LogP contribution is -2.35. The number of ether oxygens (including phenoxy) is 1. The minimum atomic E-state index is -0.219. The molecule has 1 aromatic rings. The molecule has 2 nitrogen and oxygen atoms in total. The van der Waals surface area contributed by atoms with Crippen molar-refractivity contribution >= 4 is 6.08 Å². The number of fused-ring (bicyclic) bond motifs is 5. The van der Waals surface area contributed by atoms with Gasteiger partial charge >= 0.3 is 0 Å². The Balaban J connectivity index is 1.73. The lowest BCUT2D eigenvalue weighted by molar-refractivity contribution is 0.0608. The van der Waals surface area contributed by atoms with Crippen LogP contribution in [0, 0.1) is 5.41 Å². The molecule has 4 aliphatic rings. The number of nitrogens with one attached hydrogen (secondary N) is 1. The van der Waals surface area contributed by atoms with E-state index < -0.39 is 0 Å². The fraction of sp³-hybridized carbons (Fsp3) is 0.444. The van der Waals surface area contributed by atoms with Gasteiger partial charge in [0, 0.05) is 11.6 Å². The maximum atomic E-state index is 6.20. The number of rotatable bonds is 0. The van der Waals surface area contributed by atoms with Gasteiger partial charge in [-0.15, -0.1) is 0 Å². The van der Waals surface area contributed by atoms with E-state index in [2.05, 4.69) is 41.7 Å². The minimum absolute atomic E-state index is 0.0422. The fourth-order valence-electron chi connectivity index (χ4n) is 5.40. The first-order valence-corrected chi connectivity index (χ1v) is 7.76. The molecular weight excluding hydrogens is 246 g/mol. The molecule has 2 fully saturated rings. The van der Waals surface area contributed by atoms with Crippen LogP contribution >= 0.6 is 0 Å². The van der Waals surface area contributed by atoms with Crippen LogP contribution < -0.4 is 5.32 Å². The van der Waals surface area contributed by atoms with E-state index in [9.17, 15) is 0 Å². The zero-order valence-corrected chi connectivity index (χ0v) is 11.6. The van der Waals surface area contributed by atoms with Crippen LogP contribution in [0.2, 0.25) is 0 Å². The average molecular weight is 265 g/mol. The predicted molar refractivity (Wildman–Crippen MR) is 78.8 cm³/mol. The maximum absolute atomic E-state index is 6.20.